The minimum absolute atomic E-state index is 0.932. The molecular formula is C9H14IN3. The number of nitrogens with one attached hydrogen (secondary N) is 1. The van der Waals surface area contributed by atoms with Gasteiger partial charge >= 0.3 is 0 Å². The first-order valence-electron chi connectivity index (χ1n) is 4.47. The topological polar surface area (TPSA) is 37.8 Å². The molecule has 1 heterocycles. The lowest BCUT2D eigenvalue weighted by molar-refractivity contribution is 0.752. The summed E-state index contributed by atoms with van der Waals surface area (Å²) in [6.45, 7) is 2.17. The van der Waals surface area contributed by atoms with Crippen molar-refractivity contribution in [3.8, 4) is 0 Å². The zero-order chi connectivity index (χ0) is 9.68. The zero-order valence-corrected chi connectivity index (χ0v) is 10.1. The molecule has 0 unspecified atom stereocenters. The molecule has 3 nitrogen and oxygen atoms in total. The molecule has 0 aliphatic rings. The van der Waals surface area contributed by atoms with Gasteiger partial charge in [-0.15, -0.1) is 0 Å². The molecule has 0 atom stereocenters. The fraction of sp³-hybridized carbons (Fsp3) is 0.556. The largest absolute Gasteiger partial charge is 0.372 e. The van der Waals surface area contributed by atoms with Crippen LogP contribution in [0.25, 0.3) is 0 Å². The van der Waals surface area contributed by atoms with Gasteiger partial charge in [0, 0.05) is 19.7 Å². The van der Waals surface area contributed by atoms with Gasteiger partial charge in [-0.1, -0.05) is 13.3 Å². The van der Waals surface area contributed by atoms with Gasteiger partial charge in [-0.05, 0) is 29.0 Å². The molecule has 0 spiro atoms. The second-order valence-corrected chi connectivity index (χ2v) is 4.00. The van der Waals surface area contributed by atoms with Crippen molar-refractivity contribution in [2.75, 3.05) is 12.4 Å². The van der Waals surface area contributed by atoms with E-state index >= 15 is 0 Å². The highest BCUT2D eigenvalue weighted by Gasteiger charge is 2.01. The van der Waals surface area contributed by atoms with Gasteiger partial charge < -0.3 is 5.32 Å². The minimum atomic E-state index is 0.932. The molecule has 0 amide bonds. The number of rotatable bonds is 4. The third-order valence-corrected chi connectivity index (χ3v) is 2.57. The van der Waals surface area contributed by atoms with Crippen molar-refractivity contribution >= 4 is 28.4 Å². The molecule has 1 aromatic rings. The number of aromatic nitrogens is 2. The first-order valence-corrected chi connectivity index (χ1v) is 5.55. The first kappa shape index (κ1) is 10.7. The Balaban J connectivity index is 2.74. The van der Waals surface area contributed by atoms with Crippen LogP contribution in [0.4, 0.5) is 5.82 Å². The molecule has 0 aliphatic carbocycles. The number of hydrogen-bond donors (Lipinski definition) is 1. The third kappa shape index (κ3) is 3.10. The Morgan fingerprint density at radius 3 is 2.92 bits per heavy atom. The Labute approximate surface area is 92.5 Å². The minimum Gasteiger partial charge on any atom is -0.372 e. The lowest BCUT2D eigenvalue weighted by Gasteiger charge is -2.04. The summed E-state index contributed by atoms with van der Waals surface area (Å²) < 4.78 is 1.07. The number of hydrogen-bond acceptors (Lipinski definition) is 3. The van der Waals surface area contributed by atoms with Crippen LogP contribution >= 0.6 is 22.6 Å². The summed E-state index contributed by atoms with van der Waals surface area (Å²) in [5, 5.41) is 3.05. The van der Waals surface area contributed by atoms with Crippen molar-refractivity contribution in [2.24, 2.45) is 0 Å². The number of nitrogens with zero attached hydrogens (tertiary/aromatic N) is 2. The summed E-state index contributed by atoms with van der Waals surface area (Å²) in [4.78, 5) is 8.66. The summed E-state index contributed by atoms with van der Waals surface area (Å²) in [5.74, 6) is 1.87. The lowest BCUT2D eigenvalue weighted by atomic mass is 10.2. The van der Waals surface area contributed by atoms with E-state index in [2.05, 4.69) is 44.8 Å². The highest BCUT2D eigenvalue weighted by molar-refractivity contribution is 14.1. The van der Waals surface area contributed by atoms with E-state index in [9.17, 15) is 0 Å². The monoisotopic (exact) mass is 291 g/mol. The van der Waals surface area contributed by atoms with E-state index in [-0.39, 0.29) is 0 Å². The lowest BCUT2D eigenvalue weighted by Crippen LogP contribution is -2.02. The van der Waals surface area contributed by atoms with Crippen LogP contribution in [0, 0.1) is 3.57 Å². The molecule has 4 heteroatoms. The quantitative estimate of drug-likeness (QED) is 0.866. The van der Waals surface area contributed by atoms with Crippen molar-refractivity contribution in [1.29, 1.82) is 0 Å². The van der Waals surface area contributed by atoms with E-state index in [4.69, 9.17) is 0 Å². The average molecular weight is 291 g/mol. The van der Waals surface area contributed by atoms with Gasteiger partial charge in [0.15, 0.2) is 0 Å². The molecule has 13 heavy (non-hydrogen) atoms. The van der Waals surface area contributed by atoms with Crippen LogP contribution in [0.1, 0.15) is 25.6 Å². The second-order valence-electron chi connectivity index (χ2n) is 2.84. The Morgan fingerprint density at radius 1 is 1.54 bits per heavy atom. The summed E-state index contributed by atoms with van der Waals surface area (Å²) >= 11 is 2.23. The Bertz CT molecular complexity index is 276. The van der Waals surface area contributed by atoms with Gasteiger partial charge in [-0.25, -0.2) is 9.97 Å². The van der Waals surface area contributed by atoms with Crippen molar-refractivity contribution in [2.45, 2.75) is 26.2 Å². The van der Waals surface area contributed by atoms with Crippen LogP contribution in [0.5, 0.6) is 0 Å². The van der Waals surface area contributed by atoms with E-state index in [1.165, 1.54) is 6.42 Å². The fourth-order valence-corrected chi connectivity index (χ4v) is 1.56. The summed E-state index contributed by atoms with van der Waals surface area (Å²) in [5.41, 5.74) is 0. The van der Waals surface area contributed by atoms with Crippen molar-refractivity contribution in [1.82, 2.24) is 9.97 Å². The Morgan fingerprint density at radius 2 is 2.31 bits per heavy atom. The molecule has 0 bridgehead atoms. The number of halogens is 1. The van der Waals surface area contributed by atoms with Crippen LogP contribution in [0.3, 0.4) is 0 Å². The zero-order valence-electron chi connectivity index (χ0n) is 7.97. The maximum absolute atomic E-state index is 4.40. The molecule has 0 fully saturated rings. The van der Waals surface area contributed by atoms with Gasteiger partial charge in [0.2, 0.25) is 0 Å². The van der Waals surface area contributed by atoms with E-state index < -0.39 is 0 Å². The van der Waals surface area contributed by atoms with Gasteiger partial charge in [0.1, 0.15) is 11.6 Å². The van der Waals surface area contributed by atoms with E-state index in [0.29, 0.717) is 0 Å². The number of aryl methyl sites for hydroxylation is 1. The van der Waals surface area contributed by atoms with Crippen LogP contribution in [-0.2, 0) is 6.42 Å². The van der Waals surface area contributed by atoms with Gasteiger partial charge in [-0.3, -0.25) is 0 Å². The number of anilines is 1. The summed E-state index contributed by atoms with van der Waals surface area (Å²) in [7, 11) is 1.88. The summed E-state index contributed by atoms with van der Waals surface area (Å²) in [6, 6.07) is 0. The standard InChI is InChI=1S/C9H14IN3/c1-3-4-5-8-12-6-7(10)9(11-2)13-8/h6H,3-5H2,1-2H3,(H,11,12,13). The second kappa shape index (κ2) is 5.36. The molecule has 0 saturated heterocycles. The average Bonchev–Trinajstić information content (AvgIpc) is 2.16. The van der Waals surface area contributed by atoms with Gasteiger partial charge in [-0.2, -0.15) is 0 Å². The predicted molar refractivity (Wildman–Crippen MR) is 62.9 cm³/mol. The van der Waals surface area contributed by atoms with Crippen LogP contribution in [-0.4, -0.2) is 17.0 Å². The Hall–Kier alpha value is -0.390. The maximum Gasteiger partial charge on any atom is 0.142 e. The molecule has 0 saturated carbocycles. The van der Waals surface area contributed by atoms with Crippen LogP contribution < -0.4 is 5.32 Å². The molecule has 1 N–H and O–H groups in total. The van der Waals surface area contributed by atoms with Gasteiger partial charge in [0.05, 0.1) is 3.57 Å². The SMILES string of the molecule is CCCCc1ncc(I)c(NC)n1. The van der Waals surface area contributed by atoms with Crippen LogP contribution in [0.15, 0.2) is 6.20 Å². The highest BCUT2D eigenvalue weighted by atomic mass is 127. The van der Waals surface area contributed by atoms with Crippen molar-refractivity contribution in [3.05, 3.63) is 15.6 Å². The molecular weight excluding hydrogens is 277 g/mol. The highest BCUT2D eigenvalue weighted by Crippen LogP contribution is 2.13. The fourth-order valence-electron chi connectivity index (χ4n) is 1.03. The maximum atomic E-state index is 4.40. The van der Waals surface area contributed by atoms with Crippen molar-refractivity contribution < 1.29 is 0 Å². The smallest absolute Gasteiger partial charge is 0.142 e. The van der Waals surface area contributed by atoms with Crippen molar-refractivity contribution in [3.63, 3.8) is 0 Å². The first-order chi connectivity index (χ1) is 6.27. The molecule has 1 rings (SSSR count). The molecule has 0 radical (unpaired) electrons. The van der Waals surface area contributed by atoms with Crippen LogP contribution in [0.2, 0.25) is 0 Å². The Kier molecular flexibility index (Phi) is 4.41. The van der Waals surface area contributed by atoms with E-state index in [1.54, 1.807) is 0 Å². The molecule has 1 aromatic heterocycles. The molecule has 0 aromatic carbocycles. The number of unbranched alkanes of at least 4 members (excludes halogenated alkanes) is 1. The van der Waals surface area contributed by atoms with E-state index in [1.807, 2.05) is 13.2 Å². The van der Waals surface area contributed by atoms with Gasteiger partial charge in [0.25, 0.3) is 0 Å². The molecule has 0 aliphatic heterocycles. The van der Waals surface area contributed by atoms with E-state index in [0.717, 1.165) is 28.1 Å². The molecule has 72 valence electrons. The summed E-state index contributed by atoms with van der Waals surface area (Å²) in [6.07, 6.45) is 5.18. The predicted octanol–water partition coefficient (Wildman–Crippen LogP) is 2.47. The normalized spacial score (nSPS) is 10.1. The third-order valence-electron chi connectivity index (χ3n) is 1.78.